The van der Waals surface area contributed by atoms with Gasteiger partial charge in [0.25, 0.3) is 0 Å². The Balaban J connectivity index is 1.80. The molecule has 1 heterocycles. The van der Waals surface area contributed by atoms with Crippen LogP contribution in [0.3, 0.4) is 0 Å². The molecule has 2 atom stereocenters. The van der Waals surface area contributed by atoms with Gasteiger partial charge in [0, 0.05) is 19.0 Å². The first-order chi connectivity index (χ1) is 12.1. The number of rotatable bonds is 7. The number of amides is 3. The van der Waals surface area contributed by atoms with Crippen molar-refractivity contribution in [1.82, 2.24) is 15.5 Å². The Morgan fingerprint density at radius 2 is 2.20 bits per heavy atom. The van der Waals surface area contributed by atoms with Crippen LogP contribution >= 0.6 is 0 Å². The second kappa shape index (κ2) is 9.84. The van der Waals surface area contributed by atoms with E-state index in [4.69, 9.17) is 9.68 Å². The van der Waals surface area contributed by atoms with Gasteiger partial charge in [-0.1, -0.05) is 19.8 Å². The SMILES string of the molecule is CC1CCCCC1NC(=O)NC(=O)CN(CCC#N)Cc1ccco1. The first-order valence-corrected chi connectivity index (χ1v) is 8.80. The normalized spacial score (nSPS) is 20.0. The number of urea groups is 1. The molecule has 0 saturated heterocycles. The monoisotopic (exact) mass is 346 g/mol. The predicted octanol–water partition coefficient (Wildman–Crippen LogP) is 2.40. The number of hydrogen-bond donors (Lipinski definition) is 2. The van der Waals surface area contributed by atoms with Crippen molar-refractivity contribution in [3.05, 3.63) is 24.2 Å². The third-order valence-electron chi connectivity index (χ3n) is 4.55. The Morgan fingerprint density at radius 1 is 1.40 bits per heavy atom. The van der Waals surface area contributed by atoms with E-state index in [1.807, 2.05) is 6.07 Å². The lowest BCUT2D eigenvalue weighted by Crippen LogP contribution is -2.49. The molecule has 136 valence electrons. The van der Waals surface area contributed by atoms with Crippen LogP contribution < -0.4 is 10.6 Å². The summed E-state index contributed by atoms with van der Waals surface area (Å²) in [4.78, 5) is 26.0. The summed E-state index contributed by atoms with van der Waals surface area (Å²) < 4.78 is 5.28. The molecule has 2 rings (SSSR count). The van der Waals surface area contributed by atoms with Crippen molar-refractivity contribution in [3.63, 3.8) is 0 Å². The van der Waals surface area contributed by atoms with Crippen LogP contribution in [0.1, 0.15) is 44.8 Å². The highest BCUT2D eigenvalue weighted by molar-refractivity contribution is 5.95. The van der Waals surface area contributed by atoms with E-state index in [2.05, 4.69) is 23.6 Å². The maximum atomic E-state index is 12.2. The van der Waals surface area contributed by atoms with Crippen molar-refractivity contribution in [2.75, 3.05) is 13.1 Å². The molecular formula is C18H26N4O3. The van der Waals surface area contributed by atoms with Gasteiger partial charge in [-0.15, -0.1) is 0 Å². The zero-order valence-corrected chi connectivity index (χ0v) is 14.7. The summed E-state index contributed by atoms with van der Waals surface area (Å²) in [5.74, 6) is 0.761. The van der Waals surface area contributed by atoms with Crippen molar-refractivity contribution in [2.24, 2.45) is 5.92 Å². The number of nitrogens with zero attached hydrogens (tertiary/aromatic N) is 2. The summed E-state index contributed by atoms with van der Waals surface area (Å²) in [7, 11) is 0. The fourth-order valence-corrected chi connectivity index (χ4v) is 3.15. The summed E-state index contributed by atoms with van der Waals surface area (Å²) in [6.07, 6.45) is 6.23. The van der Waals surface area contributed by atoms with Crippen molar-refractivity contribution < 1.29 is 14.0 Å². The Hall–Kier alpha value is -2.33. The minimum Gasteiger partial charge on any atom is -0.468 e. The van der Waals surface area contributed by atoms with Gasteiger partial charge in [0.05, 0.1) is 25.4 Å². The number of carbonyl (C=O) groups excluding carboxylic acids is 2. The summed E-state index contributed by atoms with van der Waals surface area (Å²) >= 11 is 0. The lowest BCUT2D eigenvalue weighted by atomic mass is 9.86. The molecule has 0 bridgehead atoms. The highest BCUT2D eigenvalue weighted by atomic mass is 16.3. The van der Waals surface area contributed by atoms with E-state index in [0.717, 1.165) is 19.3 Å². The van der Waals surface area contributed by atoms with Crippen LogP contribution in [0.15, 0.2) is 22.8 Å². The number of carbonyl (C=O) groups is 2. The topological polar surface area (TPSA) is 98.4 Å². The van der Waals surface area contributed by atoms with Crippen LogP contribution in [0.25, 0.3) is 0 Å². The molecule has 7 nitrogen and oxygen atoms in total. The van der Waals surface area contributed by atoms with E-state index < -0.39 is 6.03 Å². The van der Waals surface area contributed by atoms with Crippen molar-refractivity contribution in [1.29, 1.82) is 5.26 Å². The average Bonchev–Trinajstić information content (AvgIpc) is 3.07. The van der Waals surface area contributed by atoms with E-state index in [1.54, 1.807) is 17.2 Å². The zero-order chi connectivity index (χ0) is 18.1. The molecular weight excluding hydrogens is 320 g/mol. The fourth-order valence-electron chi connectivity index (χ4n) is 3.15. The quantitative estimate of drug-likeness (QED) is 0.790. The lowest BCUT2D eigenvalue weighted by molar-refractivity contribution is -0.121. The van der Waals surface area contributed by atoms with Crippen molar-refractivity contribution >= 4 is 11.9 Å². The van der Waals surface area contributed by atoms with Crippen LogP contribution in [0.5, 0.6) is 0 Å². The Labute approximate surface area is 148 Å². The van der Waals surface area contributed by atoms with E-state index in [9.17, 15) is 9.59 Å². The van der Waals surface area contributed by atoms with Gasteiger partial charge in [0.2, 0.25) is 5.91 Å². The van der Waals surface area contributed by atoms with Crippen molar-refractivity contribution in [2.45, 2.75) is 51.6 Å². The van der Waals surface area contributed by atoms with E-state index in [-0.39, 0.29) is 18.5 Å². The van der Waals surface area contributed by atoms with Gasteiger partial charge in [-0.2, -0.15) is 5.26 Å². The maximum absolute atomic E-state index is 12.2. The molecule has 1 aromatic rings. The van der Waals surface area contributed by atoms with Crippen LogP contribution in [-0.4, -0.2) is 36.0 Å². The van der Waals surface area contributed by atoms with Gasteiger partial charge in [-0.05, 0) is 30.9 Å². The molecule has 1 aliphatic rings. The highest BCUT2D eigenvalue weighted by Gasteiger charge is 2.23. The maximum Gasteiger partial charge on any atom is 0.321 e. The average molecular weight is 346 g/mol. The van der Waals surface area contributed by atoms with Gasteiger partial charge in [-0.25, -0.2) is 4.79 Å². The van der Waals surface area contributed by atoms with E-state index >= 15 is 0 Å². The predicted molar refractivity (Wildman–Crippen MR) is 92.3 cm³/mol. The Morgan fingerprint density at radius 3 is 2.88 bits per heavy atom. The largest absolute Gasteiger partial charge is 0.468 e. The zero-order valence-electron chi connectivity index (χ0n) is 14.7. The van der Waals surface area contributed by atoms with Gasteiger partial charge in [-0.3, -0.25) is 15.0 Å². The van der Waals surface area contributed by atoms with E-state index in [1.165, 1.54) is 6.42 Å². The fraction of sp³-hybridized carbons (Fsp3) is 0.611. The summed E-state index contributed by atoms with van der Waals surface area (Å²) in [5, 5.41) is 14.1. The first-order valence-electron chi connectivity index (χ1n) is 8.80. The standard InChI is InChI=1S/C18H26N4O3/c1-14-6-2-3-8-16(14)20-18(24)21-17(23)13-22(10-5-9-19)12-15-7-4-11-25-15/h4,7,11,14,16H,2-3,5-6,8,10,12-13H2,1H3,(H2,20,21,23,24). The van der Waals surface area contributed by atoms with Crippen LogP contribution in [0, 0.1) is 17.2 Å². The number of imide groups is 1. The molecule has 0 aromatic carbocycles. The molecule has 0 radical (unpaired) electrons. The van der Waals surface area contributed by atoms with Crippen molar-refractivity contribution in [3.8, 4) is 6.07 Å². The third-order valence-corrected chi connectivity index (χ3v) is 4.55. The van der Waals surface area contributed by atoms with Crippen LogP contribution in [0.4, 0.5) is 4.79 Å². The summed E-state index contributed by atoms with van der Waals surface area (Å²) in [5.41, 5.74) is 0. The van der Waals surface area contributed by atoms with E-state index in [0.29, 0.717) is 31.2 Å². The molecule has 2 N–H and O–H groups in total. The molecule has 0 spiro atoms. The molecule has 1 saturated carbocycles. The number of nitrogens with one attached hydrogen (secondary N) is 2. The summed E-state index contributed by atoms with van der Waals surface area (Å²) in [6.45, 7) is 3.02. The molecule has 3 amide bonds. The van der Waals surface area contributed by atoms with Crippen LogP contribution in [0.2, 0.25) is 0 Å². The van der Waals surface area contributed by atoms with Gasteiger partial charge < -0.3 is 9.73 Å². The lowest BCUT2D eigenvalue weighted by Gasteiger charge is -2.29. The first kappa shape index (κ1) is 19.0. The smallest absolute Gasteiger partial charge is 0.321 e. The third kappa shape index (κ3) is 6.59. The second-order valence-electron chi connectivity index (χ2n) is 6.59. The molecule has 7 heteroatoms. The second-order valence-corrected chi connectivity index (χ2v) is 6.59. The summed E-state index contributed by atoms with van der Waals surface area (Å²) in [6, 6.07) is 5.34. The number of nitriles is 1. The number of furan rings is 1. The minimum absolute atomic E-state index is 0.0377. The molecule has 1 aliphatic carbocycles. The van der Waals surface area contributed by atoms with Gasteiger partial charge in [0.15, 0.2) is 0 Å². The van der Waals surface area contributed by atoms with Gasteiger partial charge in [0.1, 0.15) is 5.76 Å². The van der Waals surface area contributed by atoms with Gasteiger partial charge >= 0.3 is 6.03 Å². The molecule has 25 heavy (non-hydrogen) atoms. The molecule has 2 unspecified atom stereocenters. The molecule has 1 aromatic heterocycles. The van der Waals surface area contributed by atoms with Crippen LogP contribution in [-0.2, 0) is 11.3 Å². The Bertz CT molecular complexity index is 594. The molecule has 0 aliphatic heterocycles. The highest BCUT2D eigenvalue weighted by Crippen LogP contribution is 2.23. The molecule has 1 fully saturated rings. The Kier molecular flexibility index (Phi) is 7.48. The number of hydrogen-bond acceptors (Lipinski definition) is 5. The minimum atomic E-state index is -0.443.